The van der Waals surface area contributed by atoms with Gasteiger partial charge in [-0.3, -0.25) is 0 Å². The maximum atomic E-state index is 10.4. The van der Waals surface area contributed by atoms with Gasteiger partial charge in [-0.25, -0.2) is 0 Å². The molecule has 1 aromatic carbocycles. The van der Waals surface area contributed by atoms with Gasteiger partial charge in [0, 0.05) is 18.3 Å². The third kappa shape index (κ3) is 3.53. The molecule has 2 aliphatic rings. The summed E-state index contributed by atoms with van der Waals surface area (Å²) in [6.07, 6.45) is 4.96. The minimum atomic E-state index is -0.842. The van der Waals surface area contributed by atoms with Crippen molar-refractivity contribution < 1.29 is 10.2 Å². The number of aliphatic hydroxyl groups excluding tert-OH is 1. The predicted octanol–water partition coefficient (Wildman–Crippen LogP) is 3.89. The highest BCUT2D eigenvalue weighted by atomic mass is 16.3. The summed E-state index contributed by atoms with van der Waals surface area (Å²) in [7, 11) is 0. The van der Waals surface area contributed by atoms with Crippen molar-refractivity contribution in [1.29, 1.82) is 0 Å². The van der Waals surface area contributed by atoms with Crippen LogP contribution in [0.15, 0.2) is 24.3 Å². The van der Waals surface area contributed by atoms with Gasteiger partial charge < -0.3 is 10.2 Å². The first-order valence-corrected chi connectivity index (χ1v) is 9.35. The highest BCUT2D eigenvalue weighted by Crippen LogP contribution is 2.48. The van der Waals surface area contributed by atoms with Crippen molar-refractivity contribution in [1.82, 2.24) is 0 Å². The topological polar surface area (TPSA) is 40.5 Å². The van der Waals surface area contributed by atoms with Crippen molar-refractivity contribution in [3.05, 3.63) is 35.4 Å². The van der Waals surface area contributed by atoms with E-state index in [0.717, 1.165) is 30.4 Å². The second-order valence-corrected chi connectivity index (χ2v) is 8.27. The van der Waals surface area contributed by atoms with Gasteiger partial charge in [-0.1, -0.05) is 49.5 Å². The van der Waals surface area contributed by atoms with E-state index in [9.17, 15) is 10.2 Å². The van der Waals surface area contributed by atoms with Gasteiger partial charge in [0.25, 0.3) is 0 Å². The second kappa shape index (κ2) is 6.90. The molecule has 0 heterocycles. The first kappa shape index (κ1) is 17.5. The monoisotopic (exact) mass is 326 g/mol. The minimum absolute atomic E-state index is 0.170. The Kier molecular flexibility index (Phi) is 5.04. The molecule has 2 aliphatic carbocycles. The molecule has 2 nitrogen and oxygen atoms in total. The van der Waals surface area contributed by atoms with Crippen LogP contribution in [0.2, 0.25) is 0 Å². The molecule has 0 radical (unpaired) electrons. The van der Waals surface area contributed by atoms with E-state index in [1.54, 1.807) is 0 Å². The molecule has 0 aromatic heterocycles. The van der Waals surface area contributed by atoms with Gasteiger partial charge in [-0.15, -0.1) is 0 Å². The van der Waals surface area contributed by atoms with Crippen molar-refractivity contribution >= 4 is 0 Å². The molecule has 5 atom stereocenters. The molecule has 130 valence electrons. The number of benzene rings is 1. The lowest BCUT2D eigenvalue weighted by Gasteiger charge is -2.33. The average molecular weight is 326 g/mol. The van der Waals surface area contributed by atoms with Crippen LogP contribution in [0.4, 0.5) is 0 Å². The van der Waals surface area contributed by atoms with Gasteiger partial charge in [0.1, 0.15) is 0 Å². The van der Waals surface area contributed by atoms with Gasteiger partial charge >= 0.3 is 0 Å². The molecule has 24 heavy (non-hydrogen) atoms. The lowest BCUT2D eigenvalue weighted by atomic mass is 9.74. The quantitative estimate of drug-likeness (QED) is 0.809. The Bertz CT molecular complexity index is 631. The molecule has 0 bridgehead atoms. The molecule has 2 heteroatoms. The summed E-state index contributed by atoms with van der Waals surface area (Å²) in [6.45, 7) is 5.96. The van der Waals surface area contributed by atoms with E-state index in [1.807, 2.05) is 32.0 Å². The summed E-state index contributed by atoms with van der Waals surface area (Å²) in [5, 5.41) is 20.8. The molecule has 0 amide bonds. The van der Waals surface area contributed by atoms with E-state index in [-0.39, 0.29) is 6.10 Å². The number of aliphatic hydroxyl groups is 2. The molecule has 2 saturated carbocycles. The number of hydrogen-bond acceptors (Lipinski definition) is 2. The minimum Gasteiger partial charge on any atom is -0.393 e. The smallest absolute Gasteiger partial charge is 0.0843 e. The summed E-state index contributed by atoms with van der Waals surface area (Å²) in [4.78, 5) is 0. The average Bonchev–Trinajstić information content (AvgIpc) is 2.85. The Balaban J connectivity index is 1.75. The zero-order valence-corrected chi connectivity index (χ0v) is 15.1. The summed E-state index contributed by atoms with van der Waals surface area (Å²) in [5.74, 6) is 8.85. The molecule has 4 unspecified atom stereocenters. The third-order valence-corrected chi connectivity index (χ3v) is 6.04. The van der Waals surface area contributed by atoms with E-state index in [2.05, 4.69) is 24.8 Å². The lowest BCUT2D eigenvalue weighted by Crippen LogP contribution is -2.33. The first-order chi connectivity index (χ1) is 11.4. The van der Waals surface area contributed by atoms with Crippen molar-refractivity contribution in [2.24, 2.45) is 23.7 Å². The zero-order valence-electron chi connectivity index (χ0n) is 15.1. The molecule has 0 saturated heterocycles. The number of hydrogen-bond donors (Lipinski definition) is 2. The Morgan fingerprint density at radius 3 is 2.71 bits per heavy atom. The first-order valence-electron chi connectivity index (χ1n) is 9.35. The molecule has 2 fully saturated rings. The Morgan fingerprint density at radius 1 is 1.21 bits per heavy atom. The van der Waals surface area contributed by atoms with Crippen LogP contribution >= 0.6 is 0 Å². The van der Waals surface area contributed by atoms with Crippen LogP contribution < -0.4 is 0 Å². The highest BCUT2D eigenvalue weighted by molar-refractivity contribution is 5.34. The fourth-order valence-corrected chi connectivity index (χ4v) is 4.90. The maximum absolute atomic E-state index is 10.4. The van der Waals surface area contributed by atoms with E-state index >= 15 is 0 Å². The van der Waals surface area contributed by atoms with Crippen molar-refractivity contribution in [3.8, 4) is 11.8 Å². The molecular formula is C22H30O2. The summed E-state index contributed by atoms with van der Waals surface area (Å²) < 4.78 is 0. The van der Waals surface area contributed by atoms with Crippen LogP contribution in [0.1, 0.15) is 57.6 Å². The van der Waals surface area contributed by atoms with Crippen molar-refractivity contribution in [2.75, 3.05) is 0 Å². The molecule has 3 rings (SSSR count). The lowest BCUT2D eigenvalue weighted by molar-refractivity contribution is 0.0292. The molecular weight excluding hydrogens is 296 g/mol. The Hall–Kier alpha value is -1.30. The molecule has 1 aromatic rings. The van der Waals surface area contributed by atoms with Gasteiger partial charge in [-0.05, 0) is 56.1 Å². The molecule has 0 aliphatic heterocycles. The fraction of sp³-hybridized carbons (Fsp3) is 0.636. The second-order valence-electron chi connectivity index (χ2n) is 8.27. The summed E-state index contributed by atoms with van der Waals surface area (Å²) >= 11 is 0. The van der Waals surface area contributed by atoms with Crippen LogP contribution in [-0.2, 0) is 12.0 Å². The number of rotatable bonds is 2. The van der Waals surface area contributed by atoms with Gasteiger partial charge in [-0.2, -0.15) is 0 Å². The fourth-order valence-electron chi connectivity index (χ4n) is 4.90. The van der Waals surface area contributed by atoms with E-state index in [1.165, 1.54) is 6.42 Å². The molecule has 0 spiro atoms. The van der Waals surface area contributed by atoms with E-state index in [4.69, 9.17) is 0 Å². The zero-order chi connectivity index (χ0) is 17.3. The van der Waals surface area contributed by atoms with Crippen LogP contribution in [0.25, 0.3) is 0 Å². The maximum Gasteiger partial charge on any atom is 0.0843 e. The van der Waals surface area contributed by atoms with E-state index in [0.29, 0.717) is 30.1 Å². The summed E-state index contributed by atoms with van der Waals surface area (Å²) in [6, 6.07) is 8.00. The largest absolute Gasteiger partial charge is 0.393 e. The van der Waals surface area contributed by atoms with Crippen LogP contribution in [0.3, 0.4) is 0 Å². The van der Waals surface area contributed by atoms with Crippen LogP contribution in [-0.4, -0.2) is 16.3 Å². The van der Waals surface area contributed by atoms with E-state index < -0.39 is 5.60 Å². The predicted molar refractivity (Wildman–Crippen MR) is 97.3 cm³/mol. The summed E-state index contributed by atoms with van der Waals surface area (Å²) in [5.41, 5.74) is 1.21. The standard InChI is InChI=1S/C22H30O2/c1-15-14-17(21-18(15)11-7-13-20(21)23)10-6-9-16-8-4-5-12-19(16)22(2,3)24/h4-5,8,12,15,17-18,20-21,23-24H,7,9,11,13-14H2,1-3H3/t15-,17?,18?,20?,21?/m1/s1. The van der Waals surface area contributed by atoms with Crippen LogP contribution in [0.5, 0.6) is 0 Å². The van der Waals surface area contributed by atoms with Gasteiger partial charge in [0.05, 0.1) is 11.7 Å². The normalized spacial score (nSPS) is 32.8. The van der Waals surface area contributed by atoms with Crippen molar-refractivity contribution in [2.45, 2.75) is 64.6 Å². The number of fused-ring (bicyclic) bond motifs is 1. The Morgan fingerprint density at radius 2 is 1.96 bits per heavy atom. The van der Waals surface area contributed by atoms with Gasteiger partial charge in [0.15, 0.2) is 0 Å². The molecule has 2 N–H and O–H groups in total. The van der Waals surface area contributed by atoms with Crippen LogP contribution in [0, 0.1) is 35.5 Å². The SMILES string of the molecule is C[C@@H]1CC(C#CCc2ccccc2C(C)(C)O)C2C(O)CCCC21. The van der Waals surface area contributed by atoms with Gasteiger partial charge in [0.2, 0.25) is 0 Å². The highest BCUT2D eigenvalue weighted by Gasteiger charge is 2.45. The van der Waals surface area contributed by atoms with Crippen molar-refractivity contribution in [3.63, 3.8) is 0 Å². The Labute approximate surface area is 146 Å². The third-order valence-electron chi connectivity index (χ3n) is 6.04.